The Morgan fingerprint density at radius 1 is 0.725 bits per heavy atom. The molecule has 0 aliphatic carbocycles. The van der Waals surface area contributed by atoms with Crippen molar-refractivity contribution in [3.8, 4) is 0 Å². The number of aliphatic hydroxyl groups is 1. The van der Waals surface area contributed by atoms with Gasteiger partial charge in [0.05, 0.1) is 56.7 Å². The largest absolute Gasteiger partial charge is 0.394 e. The van der Waals surface area contributed by atoms with Crippen LogP contribution in [0.25, 0.3) is 10.9 Å². The average molecular weight is 1290 g/mol. The lowest BCUT2D eigenvalue weighted by Gasteiger charge is -2.29. The number of unbranched alkanes of at least 4 members (excludes halogenated alkanes) is 1. The van der Waals surface area contributed by atoms with Gasteiger partial charge in [-0.15, -0.1) is 5.10 Å². The summed E-state index contributed by atoms with van der Waals surface area (Å²) in [7, 11) is 0. The fourth-order valence-corrected chi connectivity index (χ4v) is 13.3. The van der Waals surface area contributed by atoms with E-state index in [4.69, 9.17) is 19.9 Å². The molecule has 4 aliphatic rings. The first-order valence-corrected chi connectivity index (χ1v) is 32.3. The molecule has 6 heterocycles. The summed E-state index contributed by atoms with van der Waals surface area (Å²) in [4.78, 5) is 140. The first-order chi connectivity index (χ1) is 43.9. The van der Waals surface area contributed by atoms with Gasteiger partial charge in [-0.05, 0) is 87.6 Å². The number of para-hydroxylation sites is 1. The van der Waals surface area contributed by atoms with Crippen LogP contribution in [0.3, 0.4) is 0 Å². The number of amides is 9. The second-order valence-corrected chi connectivity index (χ2v) is 24.8. The Labute approximate surface area is 530 Å². The van der Waals surface area contributed by atoms with Crippen molar-refractivity contribution in [2.24, 2.45) is 11.7 Å². The normalized spacial score (nSPS) is 24.9. The quantitative estimate of drug-likeness (QED) is 0.0323. The average Bonchev–Trinajstić information content (AvgIpc) is 3.39. The molecule has 9 amide bonds. The van der Waals surface area contributed by atoms with Crippen LogP contribution in [0.5, 0.6) is 0 Å². The number of fused-ring (bicyclic) bond motifs is 5. The number of aromatic amines is 1. The highest BCUT2D eigenvalue weighted by Crippen LogP contribution is 2.33. The highest BCUT2D eigenvalue weighted by Gasteiger charge is 2.43. The van der Waals surface area contributed by atoms with Crippen molar-refractivity contribution in [2.75, 3.05) is 58.5 Å². The standard InChI is InChI=1S/C62H84FN13O14S/c1-37-56(81)68-49(31-40-32-65-46-13-4-3-12-45(40)46)59(84)69-48(28-38-17-19-41(63)20-18-38)58(83)67-47(55(64)80)14-6-7-21-75-33-42(73-74-75)29-39(57(82)70-50(34-77)61(86)76-22-8-15-52(76)60(85)66-37)30-44(79)35-90-27-26-89-25-24-88-23-9-11-43(78)10-2-5-16-53-54-51(36-91-53)71-62(87)72-54/h3-4,12-13,17-20,32-33,37,39,47-54,65,77H,2,5-11,14-16,21-31,34-36H2,1H3,(H2,64,80)(H,66,85)(H,67,83)(H,68,81)(H,69,84)(H,70,82)(H2,71,72,87)/t37-,39-,47+,48+,49-,50-,51+,52-,53+,54+/m1/s1. The summed E-state index contributed by atoms with van der Waals surface area (Å²) in [6, 6.07) is 4.84. The number of nitrogens with two attached hydrogens (primary N) is 1. The second-order valence-electron chi connectivity index (χ2n) is 23.5. The fourth-order valence-electron chi connectivity index (χ4n) is 11.7. The molecular formula is C62H84FN13O14S. The number of hydrogen-bond donors (Lipinski definition) is 10. The molecule has 2 aromatic heterocycles. The Balaban J connectivity index is 0.871. The predicted octanol–water partition coefficient (Wildman–Crippen LogP) is 0.723. The van der Waals surface area contributed by atoms with Gasteiger partial charge in [-0.25, -0.2) is 9.18 Å². The summed E-state index contributed by atoms with van der Waals surface area (Å²) in [6.07, 6.45) is 8.01. The minimum Gasteiger partial charge on any atom is -0.394 e. The van der Waals surface area contributed by atoms with E-state index in [-0.39, 0.29) is 109 Å². The van der Waals surface area contributed by atoms with Gasteiger partial charge in [0, 0.05) is 92.5 Å². The van der Waals surface area contributed by atoms with Gasteiger partial charge in [0.15, 0.2) is 5.78 Å². The van der Waals surface area contributed by atoms with Gasteiger partial charge in [-0.1, -0.05) is 42.0 Å². The number of primary amides is 1. The molecule has 27 nitrogen and oxygen atoms in total. The molecular weight excluding hydrogens is 1200 g/mol. The number of urea groups is 1. The molecule has 0 spiro atoms. The lowest BCUT2D eigenvalue weighted by atomic mass is 9.95. The molecule has 0 saturated carbocycles. The fraction of sp³-hybridized carbons (Fsp3) is 0.581. The van der Waals surface area contributed by atoms with Crippen LogP contribution in [-0.2, 0) is 83.2 Å². The highest BCUT2D eigenvalue weighted by molar-refractivity contribution is 8.00. The van der Waals surface area contributed by atoms with Crippen LogP contribution < -0.4 is 43.0 Å². The van der Waals surface area contributed by atoms with Crippen molar-refractivity contribution < 1.29 is 71.7 Å². The number of hydrogen-bond acceptors (Lipinski definition) is 17. The molecule has 8 rings (SSSR count). The molecule has 91 heavy (non-hydrogen) atoms. The second kappa shape index (κ2) is 34.5. The first-order valence-electron chi connectivity index (χ1n) is 31.3. The zero-order valence-corrected chi connectivity index (χ0v) is 51.9. The summed E-state index contributed by atoms with van der Waals surface area (Å²) >= 11 is 1.86. The Morgan fingerprint density at radius 3 is 2.22 bits per heavy atom. The number of thioether (sulfide) groups is 1. The number of ketones is 2. The van der Waals surface area contributed by atoms with E-state index < -0.39 is 102 Å². The molecule has 2 aromatic carbocycles. The molecule has 494 valence electrons. The van der Waals surface area contributed by atoms with Crippen molar-refractivity contribution in [3.63, 3.8) is 0 Å². The number of carbonyl (C=O) groups excluding carboxylic acids is 10. The number of aromatic nitrogens is 4. The Bertz CT molecular complexity index is 3170. The van der Waals surface area contributed by atoms with Crippen LogP contribution >= 0.6 is 11.8 Å². The van der Waals surface area contributed by atoms with E-state index in [0.29, 0.717) is 67.2 Å². The number of aryl methyl sites for hydroxylation is 1. The molecule has 0 radical (unpaired) electrons. The summed E-state index contributed by atoms with van der Waals surface area (Å²) in [5, 5.41) is 39.5. The Hall–Kier alpha value is -7.86. The van der Waals surface area contributed by atoms with Crippen LogP contribution in [0.2, 0.25) is 0 Å². The molecule has 4 aromatic rings. The third kappa shape index (κ3) is 20.6. The molecule has 11 N–H and O–H groups in total. The topological polar surface area (TPSA) is 379 Å². The zero-order valence-electron chi connectivity index (χ0n) is 51.1. The third-order valence-electron chi connectivity index (χ3n) is 16.7. The number of Topliss-reactive ketones (excluding diaryl/α,β-unsaturated/α-hetero) is 2. The molecule has 2 bridgehead atoms. The van der Waals surface area contributed by atoms with Crippen molar-refractivity contribution in [3.05, 3.63) is 83.6 Å². The van der Waals surface area contributed by atoms with E-state index in [2.05, 4.69) is 52.5 Å². The summed E-state index contributed by atoms with van der Waals surface area (Å²) in [5.41, 5.74) is 7.96. The van der Waals surface area contributed by atoms with Crippen LogP contribution in [0.15, 0.2) is 60.9 Å². The van der Waals surface area contributed by atoms with Crippen molar-refractivity contribution in [1.82, 2.24) is 62.1 Å². The zero-order chi connectivity index (χ0) is 64.8. The van der Waals surface area contributed by atoms with E-state index in [1.165, 1.54) is 40.8 Å². The van der Waals surface area contributed by atoms with Gasteiger partial charge < -0.3 is 72.2 Å². The van der Waals surface area contributed by atoms with E-state index in [0.717, 1.165) is 35.9 Å². The van der Waals surface area contributed by atoms with Gasteiger partial charge in [0.1, 0.15) is 54.5 Å². The van der Waals surface area contributed by atoms with Crippen LogP contribution in [0.4, 0.5) is 9.18 Å². The smallest absolute Gasteiger partial charge is 0.315 e. The number of rotatable bonds is 25. The summed E-state index contributed by atoms with van der Waals surface area (Å²) in [6.45, 7) is 1.56. The van der Waals surface area contributed by atoms with E-state index in [1.807, 2.05) is 30.0 Å². The molecule has 0 unspecified atom stereocenters. The SMILES string of the molecule is C[C@H]1NC(=O)[C@H]2CCCN2C(=O)[C@@H](CO)NC(=O)[C@@H](CC(=O)COCCOCCOCCCC(=O)CCCC[C@@H]2SC[C@@H]3NC(=O)N[C@@H]32)Cc2cn(nn2)CCCC[C@@H](C(N)=O)NC(=O)[C@H](Cc2ccc(F)cc2)NC(=O)[C@@H](Cc2c[nH]c3ccccc23)NC1=O. The number of carbonyl (C=O) groups is 10. The van der Waals surface area contributed by atoms with Crippen molar-refractivity contribution in [2.45, 2.75) is 163 Å². The van der Waals surface area contributed by atoms with Crippen LogP contribution in [0.1, 0.15) is 101 Å². The van der Waals surface area contributed by atoms with Gasteiger partial charge >= 0.3 is 6.03 Å². The molecule has 3 saturated heterocycles. The molecule has 3 fully saturated rings. The summed E-state index contributed by atoms with van der Waals surface area (Å²) < 4.78 is 32.4. The molecule has 29 heteroatoms. The first kappa shape index (κ1) is 69.0. The van der Waals surface area contributed by atoms with E-state index >= 15 is 0 Å². The Morgan fingerprint density at radius 2 is 1.44 bits per heavy atom. The van der Waals surface area contributed by atoms with Crippen LogP contribution in [-0.4, -0.2) is 201 Å². The highest BCUT2D eigenvalue weighted by atomic mass is 32.2. The number of nitrogens with one attached hydrogen (secondary N) is 8. The Kier molecular flexibility index (Phi) is 26.2. The number of benzene rings is 2. The molecule has 4 aliphatic heterocycles. The number of aliphatic hydroxyl groups excluding tert-OH is 1. The minimum absolute atomic E-state index is 0.0422. The van der Waals surface area contributed by atoms with Crippen molar-refractivity contribution >= 4 is 81.6 Å². The van der Waals surface area contributed by atoms with Crippen molar-refractivity contribution in [1.29, 1.82) is 0 Å². The van der Waals surface area contributed by atoms with E-state index in [9.17, 15) is 57.4 Å². The summed E-state index contributed by atoms with van der Waals surface area (Å²) in [5.74, 6) is -6.59. The predicted molar refractivity (Wildman–Crippen MR) is 330 cm³/mol. The lowest BCUT2D eigenvalue weighted by Crippen LogP contribution is -2.59. The number of ether oxygens (including phenoxy) is 3. The monoisotopic (exact) mass is 1290 g/mol. The maximum Gasteiger partial charge on any atom is 0.315 e. The number of nitrogens with zero attached hydrogens (tertiary/aromatic N) is 4. The number of H-pyrrole nitrogens is 1. The molecule has 10 atom stereocenters. The maximum atomic E-state index is 14.6. The lowest BCUT2D eigenvalue weighted by molar-refractivity contribution is -0.143. The van der Waals surface area contributed by atoms with Gasteiger partial charge in [0.2, 0.25) is 41.4 Å². The van der Waals surface area contributed by atoms with Gasteiger partial charge in [-0.3, -0.25) is 47.8 Å². The van der Waals surface area contributed by atoms with Crippen LogP contribution in [0, 0.1) is 11.7 Å². The third-order valence-corrected chi connectivity index (χ3v) is 18.2. The van der Waals surface area contributed by atoms with Gasteiger partial charge in [-0.2, -0.15) is 11.8 Å². The number of halogens is 1. The van der Waals surface area contributed by atoms with E-state index in [1.54, 1.807) is 18.5 Å². The maximum absolute atomic E-state index is 14.6. The van der Waals surface area contributed by atoms with Gasteiger partial charge in [0.25, 0.3) is 0 Å². The minimum atomic E-state index is -1.55.